The third kappa shape index (κ3) is 4.90. The smallest absolute Gasteiger partial charge is 0.224 e. The molecule has 0 saturated carbocycles. The minimum Gasteiger partial charge on any atom is -0.392 e. The summed E-state index contributed by atoms with van der Waals surface area (Å²) in [6, 6.07) is 7.58. The number of halogens is 1. The Morgan fingerprint density at radius 3 is 2.53 bits per heavy atom. The molecular weight excluding hydrogens is 276 g/mol. The Bertz CT molecular complexity index is 364. The Kier molecular flexibility index (Phi) is 4.71. The number of hydrogen-bond acceptors (Lipinski definition) is 2. The standard InChI is InChI=1S/C10H11BrN2OS/c11-8-3-1-7(2-4-8)5-10(14)13-6-9(12)15/h1-4H,5-6H2,(H2,12,15)(H,13,14). The maximum absolute atomic E-state index is 11.4. The molecule has 1 aromatic rings. The summed E-state index contributed by atoms with van der Waals surface area (Å²) >= 11 is 7.98. The second kappa shape index (κ2) is 5.82. The highest BCUT2D eigenvalue weighted by atomic mass is 79.9. The molecule has 0 saturated heterocycles. The second-order valence-electron chi connectivity index (χ2n) is 3.05. The fourth-order valence-corrected chi connectivity index (χ4v) is 1.37. The molecule has 80 valence electrons. The number of carbonyl (C=O) groups is 1. The number of hydrogen-bond donors (Lipinski definition) is 2. The lowest BCUT2D eigenvalue weighted by Gasteiger charge is -2.03. The van der Waals surface area contributed by atoms with Gasteiger partial charge in [0, 0.05) is 4.47 Å². The van der Waals surface area contributed by atoms with Crippen molar-refractivity contribution in [2.75, 3.05) is 6.54 Å². The molecule has 0 aliphatic heterocycles. The summed E-state index contributed by atoms with van der Waals surface area (Å²) < 4.78 is 0.995. The van der Waals surface area contributed by atoms with Crippen LogP contribution in [-0.2, 0) is 11.2 Å². The topological polar surface area (TPSA) is 55.1 Å². The molecule has 1 rings (SSSR count). The van der Waals surface area contributed by atoms with Crippen LogP contribution in [0.25, 0.3) is 0 Å². The lowest BCUT2D eigenvalue weighted by atomic mass is 10.1. The number of amides is 1. The molecule has 0 bridgehead atoms. The zero-order chi connectivity index (χ0) is 11.3. The molecule has 0 fully saturated rings. The van der Waals surface area contributed by atoms with Gasteiger partial charge in [-0.3, -0.25) is 4.79 Å². The van der Waals surface area contributed by atoms with Crippen LogP contribution in [0.1, 0.15) is 5.56 Å². The molecule has 0 spiro atoms. The van der Waals surface area contributed by atoms with Crippen LogP contribution in [0.2, 0.25) is 0 Å². The van der Waals surface area contributed by atoms with E-state index in [1.807, 2.05) is 24.3 Å². The first-order valence-electron chi connectivity index (χ1n) is 4.37. The average Bonchev–Trinajstić information content (AvgIpc) is 2.19. The molecule has 5 heteroatoms. The molecule has 0 aromatic heterocycles. The zero-order valence-electron chi connectivity index (χ0n) is 8.00. The molecule has 15 heavy (non-hydrogen) atoms. The van der Waals surface area contributed by atoms with Crippen LogP contribution in [0.15, 0.2) is 28.7 Å². The lowest BCUT2D eigenvalue weighted by Crippen LogP contribution is -2.33. The van der Waals surface area contributed by atoms with Crippen molar-refractivity contribution in [3.05, 3.63) is 34.3 Å². The van der Waals surface area contributed by atoms with E-state index in [1.165, 1.54) is 0 Å². The summed E-state index contributed by atoms with van der Waals surface area (Å²) in [5.41, 5.74) is 6.22. The van der Waals surface area contributed by atoms with Crippen molar-refractivity contribution in [1.82, 2.24) is 5.32 Å². The summed E-state index contributed by atoms with van der Waals surface area (Å²) in [5.74, 6) is -0.0786. The minimum absolute atomic E-state index is 0.0786. The van der Waals surface area contributed by atoms with Gasteiger partial charge in [-0.1, -0.05) is 40.3 Å². The summed E-state index contributed by atoms with van der Waals surface area (Å²) in [7, 11) is 0. The number of nitrogens with one attached hydrogen (secondary N) is 1. The van der Waals surface area contributed by atoms with Gasteiger partial charge in [-0.25, -0.2) is 0 Å². The Morgan fingerprint density at radius 2 is 2.00 bits per heavy atom. The third-order valence-corrected chi connectivity index (χ3v) is 2.41. The normalized spacial score (nSPS) is 9.67. The van der Waals surface area contributed by atoms with E-state index < -0.39 is 0 Å². The van der Waals surface area contributed by atoms with E-state index in [0.717, 1.165) is 10.0 Å². The number of nitrogens with two attached hydrogens (primary N) is 1. The predicted molar refractivity (Wildman–Crippen MR) is 67.6 cm³/mol. The average molecular weight is 287 g/mol. The molecule has 0 heterocycles. The van der Waals surface area contributed by atoms with Gasteiger partial charge in [0.1, 0.15) is 0 Å². The molecule has 0 unspecified atom stereocenters. The second-order valence-corrected chi connectivity index (χ2v) is 4.49. The number of benzene rings is 1. The zero-order valence-corrected chi connectivity index (χ0v) is 10.4. The van der Waals surface area contributed by atoms with E-state index in [1.54, 1.807) is 0 Å². The first-order valence-corrected chi connectivity index (χ1v) is 5.57. The summed E-state index contributed by atoms with van der Waals surface area (Å²) in [4.78, 5) is 11.7. The van der Waals surface area contributed by atoms with Gasteiger partial charge in [-0.15, -0.1) is 0 Å². The van der Waals surface area contributed by atoms with Gasteiger partial charge in [-0.05, 0) is 17.7 Å². The van der Waals surface area contributed by atoms with E-state index in [0.29, 0.717) is 11.4 Å². The van der Waals surface area contributed by atoms with Gasteiger partial charge < -0.3 is 11.1 Å². The monoisotopic (exact) mass is 286 g/mol. The molecule has 0 aliphatic rings. The predicted octanol–water partition coefficient (Wildman–Crippen LogP) is 1.39. The van der Waals surface area contributed by atoms with Crippen molar-refractivity contribution in [3.63, 3.8) is 0 Å². The molecular formula is C10H11BrN2OS. The van der Waals surface area contributed by atoms with Crippen LogP contribution in [0.4, 0.5) is 0 Å². The molecule has 3 N–H and O–H groups in total. The van der Waals surface area contributed by atoms with Crippen LogP contribution in [-0.4, -0.2) is 17.4 Å². The van der Waals surface area contributed by atoms with Gasteiger partial charge in [0.05, 0.1) is 18.0 Å². The Hall–Kier alpha value is -0.940. The van der Waals surface area contributed by atoms with Gasteiger partial charge in [0.2, 0.25) is 5.91 Å². The fraction of sp³-hybridized carbons (Fsp3) is 0.200. The maximum Gasteiger partial charge on any atom is 0.224 e. The largest absolute Gasteiger partial charge is 0.392 e. The number of thiocarbonyl (C=S) groups is 1. The summed E-state index contributed by atoms with van der Waals surface area (Å²) in [6.07, 6.45) is 0.343. The molecule has 0 radical (unpaired) electrons. The SMILES string of the molecule is NC(=S)CNC(=O)Cc1ccc(Br)cc1. The van der Waals surface area contributed by atoms with E-state index >= 15 is 0 Å². The molecule has 0 atom stereocenters. The van der Waals surface area contributed by atoms with E-state index in [9.17, 15) is 4.79 Å². The highest BCUT2D eigenvalue weighted by Gasteiger charge is 2.02. The molecule has 1 amide bonds. The molecule has 3 nitrogen and oxygen atoms in total. The Morgan fingerprint density at radius 1 is 1.40 bits per heavy atom. The number of rotatable bonds is 4. The van der Waals surface area contributed by atoms with Crippen molar-refractivity contribution in [2.24, 2.45) is 5.73 Å². The van der Waals surface area contributed by atoms with E-state index in [-0.39, 0.29) is 12.5 Å². The minimum atomic E-state index is -0.0786. The summed E-state index contributed by atoms with van der Waals surface area (Å²) in [6.45, 7) is 0.255. The van der Waals surface area contributed by atoms with Crippen molar-refractivity contribution >= 4 is 39.0 Å². The van der Waals surface area contributed by atoms with Gasteiger partial charge in [0.15, 0.2) is 0 Å². The van der Waals surface area contributed by atoms with E-state index in [2.05, 4.69) is 33.5 Å². The highest BCUT2D eigenvalue weighted by molar-refractivity contribution is 9.10. The van der Waals surface area contributed by atoms with Crippen LogP contribution in [0.3, 0.4) is 0 Å². The van der Waals surface area contributed by atoms with Crippen molar-refractivity contribution < 1.29 is 4.79 Å². The first kappa shape index (κ1) is 12.1. The third-order valence-electron chi connectivity index (χ3n) is 1.74. The molecule has 0 aliphatic carbocycles. The lowest BCUT2D eigenvalue weighted by molar-refractivity contribution is -0.120. The van der Waals surface area contributed by atoms with Crippen LogP contribution in [0.5, 0.6) is 0 Å². The van der Waals surface area contributed by atoms with Gasteiger partial charge in [-0.2, -0.15) is 0 Å². The highest BCUT2D eigenvalue weighted by Crippen LogP contribution is 2.10. The van der Waals surface area contributed by atoms with Gasteiger partial charge in [0.25, 0.3) is 0 Å². The van der Waals surface area contributed by atoms with Crippen molar-refractivity contribution in [3.8, 4) is 0 Å². The van der Waals surface area contributed by atoms with Crippen molar-refractivity contribution in [2.45, 2.75) is 6.42 Å². The van der Waals surface area contributed by atoms with E-state index in [4.69, 9.17) is 5.73 Å². The fourth-order valence-electron chi connectivity index (χ4n) is 1.04. The Balaban J connectivity index is 2.44. The number of carbonyl (C=O) groups excluding carboxylic acids is 1. The van der Waals surface area contributed by atoms with Crippen LogP contribution < -0.4 is 11.1 Å². The maximum atomic E-state index is 11.4. The van der Waals surface area contributed by atoms with Crippen LogP contribution >= 0.6 is 28.1 Å². The quantitative estimate of drug-likeness (QED) is 0.823. The molecule has 1 aromatic carbocycles. The first-order chi connectivity index (χ1) is 7.08. The van der Waals surface area contributed by atoms with Crippen LogP contribution in [0, 0.1) is 0 Å². The van der Waals surface area contributed by atoms with Crippen molar-refractivity contribution in [1.29, 1.82) is 0 Å². The summed E-state index contributed by atoms with van der Waals surface area (Å²) in [5, 5.41) is 2.63. The van der Waals surface area contributed by atoms with Gasteiger partial charge >= 0.3 is 0 Å². The Labute approximate surface area is 102 Å².